The predicted molar refractivity (Wildman–Crippen MR) is 84.2 cm³/mol. The van der Waals surface area contributed by atoms with E-state index in [9.17, 15) is 0 Å². The maximum Gasteiger partial charge on any atom is 0.191 e. The molecule has 0 N–H and O–H groups in total. The van der Waals surface area contributed by atoms with E-state index in [4.69, 9.17) is 0 Å². The number of hydrogen-bond donors (Lipinski definition) is 0. The number of aryl methyl sites for hydroxylation is 2. The van der Waals surface area contributed by atoms with Gasteiger partial charge in [0, 0.05) is 25.5 Å². The van der Waals surface area contributed by atoms with Crippen molar-refractivity contribution in [2.24, 2.45) is 13.0 Å². The molecule has 5 nitrogen and oxygen atoms in total. The first kappa shape index (κ1) is 14.6. The fraction of sp³-hybridized carbons (Fsp3) is 0.667. The van der Waals surface area contributed by atoms with Crippen molar-refractivity contribution in [3.63, 3.8) is 0 Å². The van der Waals surface area contributed by atoms with Crippen LogP contribution in [0.15, 0.2) is 17.6 Å². The zero-order valence-electron chi connectivity index (χ0n) is 13.0. The minimum Gasteiger partial charge on any atom is -0.337 e. The van der Waals surface area contributed by atoms with Gasteiger partial charge in [-0.3, -0.25) is 0 Å². The van der Waals surface area contributed by atoms with Crippen LogP contribution in [0.3, 0.4) is 0 Å². The van der Waals surface area contributed by atoms with Crippen molar-refractivity contribution in [3.05, 3.63) is 24.0 Å². The second kappa shape index (κ2) is 6.22. The van der Waals surface area contributed by atoms with Gasteiger partial charge in [0.05, 0.1) is 5.75 Å². The first-order valence-corrected chi connectivity index (χ1v) is 8.64. The van der Waals surface area contributed by atoms with E-state index in [0.29, 0.717) is 6.04 Å². The summed E-state index contributed by atoms with van der Waals surface area (Å²) in [6, 6.07) is 0.563. The van der Waals surface area contributed by atoms with Gasteiger partial charge < -0.3 is 9.13 Å². The SMILES string of the molecule is Cc1nnc(SCc2nccn2C)n1C1CCCC(C)C1. The van der Waals surface area contributed by atoms with E-state index in [0.717, 1.165) is 28.5 Å². The molecule has 0 saturated heterocycles. The zero-order chi connectivity index (χ0) is 14.8. The normalized spacial score (nSPS) is 22.6. The molecule has 1 aliphatic carbocycles. The van der Waals surface area contributed by atoms with E-state index in [1.165, 1.54) is 25.7 Å². The van der Waals surface area contributed by atoms with Gasteiger partial charge in [0.1, 0.15) is 11.6 Å². The van der Waals surface area contributed by atoms with Crippen LogP contribution >= 0.6 is 11.8 Å². The topological polar surface area (TPSA) is 48.5 Å². The number of nitrogens with zero attached hydrogens (tertiary/aromatic N) is 5. The Hall–Kier alpha value is -1.30. The van der Waals surface area contributed by atoms with E-state index in [2.05, 4.69) is 38.2 Å². The molecule has 1 aliphatic rings. The van der Waals surface area contributed by atoms with Crippen molar-refractivity contribution in [2.45, 2.75) is 56.5 Å². The Morgan fingerprint density at radius 2 is 2.19 bits per heavy atom. The molecule has 1 fully saturated rings. The molecular weight excluding hydrogens is 282 g/mol. The van der Waals surface area contributed by atoms with Gasteiger partial charge in [0.15, 0.2) is 5.16 Å². The number of imidazole rings is 1. The van der Waals surface area contributed by atoms with Crippen molar-refractivity contribution in [1.29, 1.82) is 0 Å². The minimum absolute atomic E-state index is 0.563. The molecule has 2 unspecified atom stereocenters. The molecule has 2 aromatic heterocycles. The van der Waals surface area contributed by atoms with Gasteiger partial charge in [0.25, 0.3) is 0 Å². The molecule has 0 aliphatic heterocycles. The van der Waals surface area contributed by atoms with Crippen LogP contribution in [0.1, 0.15) is 50.3 Å². The lowest BCUT2D eigenvalue weighted by molar-refractivity contribution is 0.268. The molecule has 114 valence electrons. The van der Waals surface area contributed by atoms with Crippen molar-refractivity contribution in [3.8, 4) is 0 Å². The van der Waals surface area contributed by atoms with Gasteiger partial charge in [-0.05, 0) is 25.7 Å². The summed E-state index contributed by atoms with van der Waals surface area (Å²) in [5.41, 5.74) is 0. The molecule has 0 spiro atoms. The molecule has 6 heteroatoms. The molecule has 21 heavy (non-hydrogen) atoms. The number of hydrogen-bond acceptors (Lipinski definition) is 4. The van der Waals surface area contributed by atoms with E-state index >= 15 is 0 Å². The molecule has 2 heterocycles. The highest BCUT2D eigenvalue weighted by molar-refractivity contribution is 7.98. The van der Waals surface area contributed by atoms with Gasteiger partial charge in [-0.2, -0.15) is 0 Å². The molecule has 0 radical (unpaired) electrons. The first-order valence-electron chi connectivity index (χ1n) is 7.65. The molecule has 1 saturated carbocycles. The highest BCUT2D eigenvalue weighted by atomic mass is 32.2. The van der Waals surface area contributed by atoms with Crippen LogP contribution in [0.4, 0.5) is 0 Å². The van der Waals surface area contributed by atoms with Gasteiger partial charge in [-0.15, -0.1) is 10.2 Å². The summed E-state index contributed by atoms with van der Waals surface area (Å²) in [6.07, 6.45) is 8.98. The summed E-state index contributed by atoms with van der Waals surface area (Å²) in [5, 5.41) is 9.72. The fourth-order valence-electron chi connectivity index (χ4n) is 3.17. The van der Waals surface area contributed by atoms with Crippen LogP contribution in [0.2, 0.25) is 0 Å². The molecular formula is C15H23N5S. The number of aromatic nitrogens is 5. The van der Waals surface area contributed by atoms with Gasteiger partial charge in [-0.25, -0.2) is 4.98 Å². The average Bonchev–Trinajstić information content (AvgIpc) is 3.02. The van der Waals surface area contributed by atoms with Crippen molar-refractivity contribution >= 4 is 11.8 Å². The average molecular weight is 305 g/mol. The molecule has 0 amide bonds. The fourth-order valence-corrected chi connectivity index (χ4v) is 4.23. The van der Waals surface area contributed by atoms with Crippen LogP contribution in [0.5, 0.6) is 0 Å². The largest absolute Gasteiger partial charge is 0.337 e. The summed E-state index contributed by atoms with van der Waals surface area (Å²) in [5.74, 6) is 3.75. The third-order valence-corrected chi connectivity index (χ3v) is 5.30. The van der Waals surface area contributed by atoms with Gasteiger partial charge in [-0.1, -0.05) is 31.5 Å². The van der Waals surface area contributed by atoms with Crippen LogP contribution in [0.25, 0.3) is 0 Å². The number of rotatable bonds is 4. The Kier molecular flexibility index (Phi) is 4.33. The second-order valence-electron chi connectivity index (χ2n) is 6.07. The Labute approximate surface area is 130 Å². The monoisotopic (exact) mass is 305 g/mol. The Balaban J connectivity index is 1.75. The molecule has 3 rings (SSSR count). The highest BCUT2D eigenvalue weighted by Gasteiger charge is 2.24. The molecule has 2 atom stereocenters. The van der Waals surface area contributed by atoms with E-state index in [-0.39, 0.29) is 0 Å². The van der Waals surface area contributed by atoms with Crippen LogP contribution in [-0.2, 0) is 12.8 Å². The van der Waals surface area contributed by atoms with E-state index in [1.54, 1.807) is 11.8 Å². The highest BCUT2D eigenvalue weighted by Crippen LogP contribution is 2.35. The van der Waals surface area contributed by atoms with Crippen LogP contribution in [-0.4, -0.2) is 24.3 Å². The standard InChI is InChI=1S/C15H23N5S/c1-11-5-4-6-13(9-11)20-12(2)17-18-15(20)21-10-14-16-7-8-19(14)3/h7-8,11,13H,4-6,9-10H2,1-3H3. The molecule has 0 bridgehead atoms. The second-order valence-corrected chi connectivity index (χ2v) is 7.01. The lowest BCUT2D eigenvalue weighted by atomic mass is 9.87. The van der Waals surface area contributed by atoms with Crippen molar-refractivity contribution in [1.82, 2.24) is 24.3 Å². The summed E-state index contributed by atoms with van der Waals surface area (Å²) < 4.78 is 4.41. The smallest absolute Gasteiger partial charge is 0.191 e. The predicted octanol–water partition coefficient (Wildman–Crippen LogP) is 3.36. The summed E-state index contributed by atoms with van der Waals surface area (Å²) in [7, 11) is 2.03. The van der Waals surface area contributed by atoms with E-state index in [1.807, 2.05) is 19.4 Å². The Morgan fingerprint density at radius 3 is 2.90 bits per heavy atom. The lowest BCUT2D eigenvalue weighted by Gasteiger charge is -2.29. The Morgan fingerprint density at radius 1 is 1.33 bits per heavy atom. The van der Waals surface area contributed by atoms with Crippen molar-refractivity contribution < 1.29 is 0 Å². The van der Waals surface area contributed by atoms with Crippen molar-refractivity contribution in [2.75, 3.05) is 0 Å². The third-order valence-electron chi connectivity index (χ3n) is 4.36. The summed E-state index contributed by atoms with van der Waals surface area (Å²) >= 11 is 1.74. The molecule has 0 aromatic carbocycles. The first-order chi connectivity index (χ1) is 10.1. The summed E-state index contributed by atoms with van der Waals surface area (Å²) in [6.45, 7) is 4.42. The maximum absolute atomic E-state index is 4.38. The van der Waals surface area contributed by atoms with Gasteiger partial charge in [0.2, 0.25) is 0 Å². The summed E-state index contributed by atoms with van der Waals surface area (Å²) in [4.78, 5) is 4.38. The van der Waals surface area contributed by atoms with Crippen LogP contribution in [0, 0.1) is 12.8 Å². The van der Waals surface area contributed by atoms with Gasteiger partial charge >= 0.3 is 0 Å². The molecule has 2 aromatic rings. The minimum atomic E-state index is 0.563. The maximum atomic E-state index is 4.38. The third kappa shape index (κ3) is 3.15. The van der Waals surface area contributed by atoms with Crippen LogP contribution < -0.4 is 0 Å². The van der Waals surface area contributed by atoms with E-state index < -0.39 is 0 Å². The lowest BCUT2D eigenvalue weighted by Crippen LogP contribution is -2.19. The Bertz CT molecular complexity index is 603. The number of thioether (sulfide) groups is 1. The zero-order valence-corrected chi connectivity index (χ0v) is 13.8. The quantitative estimate of drug-likeness (QED) is 0.813.